The van der Waals surface area contributed by atoms with Crippen LogP contribution in [0.25, 0.3) is 0 Å². The lowest BCUT2D eigenvalue weighted by Gasteiger charge is -2.30. The maximum absolute atomic E-state index is 12.8. The Morgan fingerprint density at radius 2 is 2.03 bits per heavy atom. The van der Waals surface area contributed by atoms with Gasteiger partial charge >= 0.3 is 0 Å². The lowest BCUT2D eigenvalue weighted by atomic mass is 10.1. The third-order valence-corrected chi connectivity index (χ3v) is 5.93. The van der Waals surface area contributed by atoms with E-state index >= 15 is 0 Å². The standard InChI is InChI=1S/C23H22ClN5O3/c24-16-1-2-17-15(11-16)14-29(23(17)31)22-4-3-21(32-22)20(30)13-27-18-12-26-6-5-19(18)28-9-7-25-8-10-28/h1-6,11-12,25,27H,7-10,13-14H2. The van der Waals surface area contributed by atoms with Gasteiger partial charge in [0.25, 0.3) is 5.91 Å². The molecule has 164 valence electrons. The smallest absolute Gasteiger partial charge is 0.261 e. The van der Waals surface area contributed by atoms with E-state index in [-0.39, 0.29) is 24.0 Å². The predicted octanol–water partition coefficient (Wildman–Crippen LogP) is 3.19. The second kappa shape index (κ2) is 8.64. The van der Waals surface area contributed by atoms with Crippen LogP contribution in [0.5, 0.6) is 0 Å². The first kappa shape index (κ1) is 20.5. The Morgan fingerprint density at radius 1 is 1.19 bits per heavy atom. The number of amides is 1. The quantitative estimate of drug-likeness (QED) is 0.556. The van der Waals surface area contributed by atoms with Gasteiger partial charge in [-0.15, -0.1) is 0 Å². The number of nitrogens with zero attached hydrogens (tertiary/aromatic N) is 3. The van der Waals surface area contributed by atoms with Gasteiger partial charge in [0.1, 0.15) is 0 Å². The van der Waals surface area contributed by atoms with Gasteiger partial charge in [-0.05, 0) is 35.9 Å². The Hall–Kier alpha value is -3.36. The molecule has 2 aliphatic heterocycles. The SMILES string of the molecule is O=C(CNc1cnccc1N1CCNCC1)c1ccc(N2Cc3cc(Cl)ccc3C2=O)o1. The minimum absolute atomic E-state index is 0.0571. The van der Waals surface area contributed by atoms with Crippen molar-refractivity contribution in [3.8, 4) is 0 Å². The number of ketones is 1. The third kappa shape index (κ3) is 3.94. The summed E-state index contributed by atoms with van der Waals surface area (Å²) < 4.78 is 5.74. The van der Waals surface area contributed by atoms with Crippen LogP contribution in [-0.2, 0) is 6.54 Å². The number of piperazine rings is 1. The van der Waals surface area contributed by atoms with Crippen molar-refractivity contribution in [2.24, 2.45) is 0 Å². The Bertz CT molecular complexity index is 1170. The molecule has 1 fully saturated rings. The van der Waals surface area contributed by atoms with Crippen LogP contribution >= 0.6 is 11.6 Å². The van der Waals surface area contributed by atoms with Crippen molar-refractivity contribution in [1.29, 1.82) is 0 Å². The van der Waals surface area contributed by atoms with Gasteiger partial charge in [0.15, 0.2) is 5.76 Å². The van der Waals surface area contributed by atoms with Crippen molar-refractivity contribution in [2.45, 2.75) is 6.54 Å². The predicted molar refractivity (Wildman–Crippen MR) is 123 cm³/mol. The molecule has 0 atom stereocenters. The number of hydrogen-bond acceptors (Lipinski definition) is 7. The first-order valence-electron chi connectivity index (χ1n) is 10.5. The molecule has 1 aromatic carbocycles. The van der Waals surface area contributed by atoms with Crippen molar-refractivity contribution in [1.82, 2.24) is 10.3 Å². The van der Waals surface area contributed by atoms with Crippen LogP contribution in [0.2, 0.25) is 5.02 Å². The maximum Gasteiger partial charge on any atom is 0.261 e. The summed E-state index contributed by atoms with van der Waals surface area (Å²) in [6.45, 7) is 4.04. The fourth-order valence-electron chi connectivity index (χ4n) is 4.06. The minimum atomic E-state index is -0.210. The van der Waals surface area contributed by atoms with Crippen molar-refractivity contribution in [3.63, 3.8) is 0 Å². The van der Waals surface area contributed by atoms with Crippen LogP contribution in [0.1, 0.15) is 26.5 Å². The molecule has 0 saturated carbocycles. The third-order valence-electron chi connectivity index (χ3n) is 5.70. The number of pyridine rings is 1. The summed E-state index contributed by atoms with van der Waals surface area (Å²) in [6, 6.07) is 10.4. The number of aromatic nitrogens is 1. The Balaban J connectivity index is 1.26. The van der Waals surface area contributed by atoms with Gasteiger partial charge in [-0.2, -0.15) is 0 Å². The van der Waals surface area contributed by atoms with E-state index in [1.54, 1.807) is 42.7 Å². The molecule has 2 aromatic heterocycles. The molecule has 0 bridgehead atoms. The van der Waals surface area contributed by atoms with Gasteiger partial charge in [0.05, 0.1) is 30.7 Å². The molecule has 0 radical (unpaired) electrons. The van der Waals surface area contributed by atoms with Crippen LogP contribution in [0.3, 0.4) is 0 Å². The number of benzene rings is 1. The highest BCUT2D eigenvalue weighted by Crippen LogP contribution is 2.31. The number of furan rings is 1. The Morgan fingerprint density at radius 3 is 2.88 bits per heavy atom. The molecule has 1 amide bonds. The summed E-state index contributed by atoms with van der Waals surface area (Å²) in [7, 11) is 0. The zero-order chi connectivity index (χ0) is 22.1. The van der Waals surface area contributed by atoms with E-state index < -0.39 is 0 Å². The number of hydrogen-bond donors (Lipinski definition) is 2. The van der Waals surface area contributed by atoms with E-state index in [9.17, 15) is 9.59 Å². The van der Waals surface area contributed by atoms with Crippen LogP contribution in [-0.4, -0.2) is 49.4 Å². The van der Waals surface area contributed by atoms with Gasteiger partial charge in [0, 0.05) is 49.0 Å². The van der Waals surface area contributed by atoms with Crippen LogP contribution in [0.15, 0.2) is 53.2 Å². The van der Waals surface area contributed by atoms with Gasteiger partial charge in [-0.25, -0.2) is 0 Å². The molecule has 0 aliphatic carbocycles. The number of Topliss-reactive ketones (excluding diaryl/α,β-unsaturated/α-hetero) is 1. The van der Waals surface area contributed by atoms with E-state index in [0.717, 1.165) is 43.1 Å². The molecule has 9 heteroatoms. The first-order chi connectivity index (χ1) is 15.6. The Labute approximate surface area is 190 Å². The number of carbonyl (C=O) groups is 2. The van der Waals surface area contributed by atoms with E-state index in [1.807, 2.05) is 6.07 Å². The van der Waals surface area contributed by atoms with Crippen molar-refractivity contribution < 1.29 is 14.0 Å². The second-order valence-electron chi connectivity index (χ2n) is 7.74. The molecule has 32 heavy (non-hydrogen) atoms. The number of halogens is 1. The van der Waals surface area contributed by atoms with E-state index in [0.29, 0.717) is 23.0 Å². The van der Waals surface area contributed by atoms with E-state index in [4.69, 9.17) is 16.0 Å². The van der Waals surface area contributed by atoms with Crippen molar-refractivity contribution in [2.75, 3.05) is 47.8 Å². The molecule has 0 spiro atoms. The van der Waals surface area contributed by atoms with Crippen LogP contribution in [0.4, 0.5) is 17.3 Å². The molecule has 1 saturated heterocycles. The topological polar surface area (TPSA) is 90.7 Å². The van der Waals surface area contributed by atoms with Gasteiger partial charge in [-0.3, -0.25) is 19.5 Å². The second-order valence-corrected chi connectivity index (χ2v) is 8.17. The van der Waals surface area contributed by atoms with E-state index in [2.05, 4.69) is 20.5 Å². The fraction of sp³-hybridized carbons (Fsp3) is 0.261. The van der Waals surface area contributed by atoms with Gasteiger partial charge in [0.2, 0.25) is 11.7 Å². The summed E-state index contributed by atoms with van der Waals surface area (Å²) in [4.78, 5) is 33.4. The number of rotatable bonds is 6. The highest BCUT2D eigenvalue weighted by molar-refractivity contribution is 6.31. The molecule has 8 nitrogen and oxygen atoms in total. The molecule has 4 heterocycles. The minimum Gasteiger partial charge on any atom is -0.437 e. The first-order valence-corrected chi connectivity index (χ1v) is 10.8. The summed E-state index contributed by atoms with van der Waals surface area (Å²) in [5.41, 5.74) is 3.26. The Kier molecular flexibility index (Phi) is 5.55. The monoisotopic (exact) mass is 451 g/mol. The molecule has 3 aromatic rings. The highest BCUT2D eigenvalue weighted by Gasteiger charge is 2.31. The lowest BCUT2D eigenvalue weighted by molar-refractivity contribution is 0.0966. The average molecular weight is 452 g/mol. The fourth-order valence-corrected chi connectivity index (χ4v) is 4.25. The summed E-state index contributed by atoms with van der Waals surface area (Å²) in [5.74, 6) is 0.160. The molecule has 5 rings (SSSR count). The van der Waals surface area contributed by atoms with Crippen LogP contribution in [0, 0.1) is 0 Å². The molecular weight excluding hydrogens is 430 g/mol. The normalized spacial score (nSPS) is 15.7. The zero-order valence-electron chi connectivity index (χ0n) is 17.3. The maximum atomic E-state index is 12.8. The van der Waals surface area contributed by atoms with Crippen LogP contribution < -0.4 is 20.4 Å². The molecule has 2 aliphatic rings. The van der Waals surface area contributed by atoms with E-state index in [1.165, 1.54) is 4.90 Å². The highest BCUT2D eigenvalue weighted by atomic mass is 35.5. The largest absolute Gasteiger partial charge is 0.437 e. The van der Waals surface area contributed by atoms with Gasteiger partial charge < -0.3 is 20.0 Å². The average Bonchev–Trinajstić information content (AvgIpc) is 3.43. The number of nitrogens with one attached hydrogen (secondary N) is 2. The summed E-state index contributed by atoms with van der Waals surface area (Å²) >= 11 is 6.04. The number of carbonyl (C=O) groups excluding carboxylic acids is 2. The number of fused-ring (bicyclic) bond motifs is 1. The molecular formula is C23H22ClN5O3. The lowest BCUT2D eigenvalue weighted by Crippen LogP contribution is -2.43. The zero-order valence-corrected chi connectivity index (χ0v) is 18.1. The van der Waals surface area contributed by atoms with Gasteiger partial charge in [-0.1, -0.05) is 11.6 Å². The summed E-state index contributed by atoms with van der Waals surface area (Å²) in [5, 5.41) is 7.10. The van der Waals surface area contributed by atoms with Crippen molar-refractivity contribution in [3.05, 3.63) is 70.7 Å². The summed E-state index contributed by atoms with van der Waals surface area (Å²) in [6.07, 6.45) is 3.48. The van der Waals surface area contributed by atoms with Crippen molar-refractivity contribution >= 4 is 40.6 Å². The number of anilines is 3. The molecule has 0 unspecified atom stereocenters. The molecule has 2 N–H and O–H groups in total.